The van der Waals surface area contributed by atoms with Crippen LogP contribution in [0, 0.1) is 0 Å². The maximum atomic E-state index is 13.4. The number of anilines is 2. The Kier molecular flexibility index (Phi) is 5.29. The third kappa shape index (κ3) is 4.41. The van der Waals surface area contributed by atoms with Crippen LogP contribution in [0.3, 0.4) is 0 Å². The predicted octanol–water partition coefficient (Wildman–Crippen LogP) is 3.25. The number of nitrogen functional groups attached to an aromatic ring is 1. The number of hydrogen-bond acceptors (Lipinski definition) is 6. The van der Waals surface area contributed by atoms with Crippen molar-refractivity contribution in [3.8, 4) is 0 Å². The molecular weight excluding hydrogens is 371 g/mol. The number of hydrogen-bond donors (Lipinski definition) is 3. The Hall–Kier alpha value is -2.68. The van der Waals surface area contributed by atoms with Crippen LogP contribution in [0.1, 0.15) is 48.3 Å². The van der Waals surface area contributed by atoms with Crippen molar-refractivity contribution in [2.45, 2.75) is 44.4 Å². The van der Waals surface area contributed by atoms with E-state index < -0.39 is 23.2 Å². The minimum absolute atomic E-state index is 0.00510. The number of benzene rings is 1. The van der Waals surface area contributed by atoms with Gasteiger partial charge in [-0.2, -0.15) is 13.2 Å². The van der Waals surface area contributed by atoms with Gasteiger partial charge in [0.25, 0.3) is 0 Å². The highest BCUT2D eigenvalue weighted by molar-refractivity contribution is 6.11. The van der Waals surface area contributed by atoms with E-state index in [1.165, 1.54) is 18.2 Å². The monoisotopic (exact) mass is 393 g/mol. The molecule has 150 valence electrons. The molecule has 1 aromatic heterocycles. The maximum absolute atomic E-state index is 13.4. The number of halogens is 3. The minimum Gasteiger partial charge on any atom is -0.398 e. The van der Waals surface area contributed by atoms with E-state index in [2.05, 4.69) is 34.4 Å². The first-order valence-electron chi connectivity index (χ1n) is 8.92. The molecule has 1 aliphatic rings. The molecule has 3 rings (SSSR count). The highest BCUT2D eigenvalue weighted by Gasteiger charge is 2.38. The standard InChI is InChI=1S/C19H22F3N5O/c1-18(2)8-7-11(9-25-18)26-17-24-10-13(19(20,21)22)15(27-17)16(28)12-5-3-4-6-14(12)23/h3-6,10-11,25H,7-9,23H2,1-2H3,(H,24,26,27)/t11-/m0/s1. The number of aromatic nitrogens is 2. The zero-order valence-electron chi connectivity index (χ0n) is 15.6. The van der Waals surface area contributed by atoms with E-state index in [9.17, 15) is 18.0 Å². The van der Waals surface area contributed by atoms with Crippen LogP contribution in [0.2, 0.25) is 0 Å². The second kappa shape index (κ2) is 7.38. The average Bonchev–Trinajstić information content (AvgIpc) is 2.62. The molecule has 0 saturated carbocycles. The van der Waals surface area contributed by atoms with Gasteiger partial charge in [0, 0.05) is 35.6 Å². The van der Waals surface area contributed by atoms with Crippen molar-refractivity contribution in [3.05, 3.63) is 47.3 Å². The zero-order valence-corrected chi connectivity index (χ0v) is 15.6. The Balaban J connectivity index is 1.92. The van der Waals surface area contributed by atoms with Crippen molar-refractivity contribution in [3.63, 3.8) is 0 Å². The number of para-hydroxylation sites is 1. The molecule has 0 radical (unpaired) electrons. The summed E-state index contributed by atoms with van der Waals surface area (Å²) in [6, 6.07) is 5.92. The summed E-state index contributed by atoms with van der Waals surface area (Å²) >= 11 is 0. The van der Waals surface area contributed by atoms with Gasteiger partial charge in [0.2, 0.25) is 11.7 Å². The summed E-state index contributed by atoms with van der Waals surface area (Å²) in [5.74, 6) is -0.906. The van der Waals surface area contributed by atoms with Crippen molar-refractivity contribution >= 4 is 17.4 Å². The predicted molar refractivity (Wildman–Crippen MR) is 100 cm³/mol. The lowest BCUT2D eigenvalue weighted by molar-refractivity contribution is -0.138. The van der Waals surface area contributed by atoms with E-state index >= 15 is 0 Å². The van der Waals surface area contributed by atoms with Crippen LogP contribution in [0.15, 0.2) is 30.5 Å². The molecule has 0 spiro atoms. The second-order valence-corrected chi connectivity index (χ2v) is 7.51. The molecule has 0 bridgehead atoms. The van der Waals surface area contributed by atoms with Crippen LogP contribution >= 0.6 is 0 Å². The average molecular weight is 393 g/mol. The number of carbonyl (C=O) groups is 1. The molecule has 0 unspecified atom stereocenters. The van der Waals surface area contributed by atoms with E-state index in [4.69, 9.17) is 5.73 Å². The van der Waals surface area contributed by atoms with Crippen molar-refractivity contribution in [1.82, 2.24) is 15.3 Å². The van der Waals surface area contributed by atoms with Gasteiger partial charge in [-0.3, -0.25) is 4.79 Å². The summed E-state index contributed by atoms with van der Waals surface area (Å²) in [5, 5.41) is 6.38. The number of rotatable bonds is 4. The first kappa shape index (κ1) is 20.1. The highest BCUT2D eigenvalue weighted by Crippen LogP contribution is 2.33. The number of ketones is 1. The number of nitrogens with zero attached hydrogens (tertiary/aromatic N) is 2. The van der Waals surface area contributed by atoms with Crippen LogP contribution in [-0.4, -0.2) is 33.9 Å². The Bertz CT molecular complexity index is 872. The third-order valence-electron chi connectivity index (χ3n) is 4.79. The second-order valence-electron chi connectivity index (χ2n) is 7.51. The van der Waals surface area contributed by atoms with Gasteiger partial charge in [-0.1, -0.05) is 12.1 Å². The van der Waals surface area contributed by atoms with Crippen molar-refractivity contribution in [2.24, 2.45) is 0 Å². The van der Waals surface area contributed by atoms with Gasteiger partial charge in [-0.15, -0.1) is 0 Å². The fraction of sp³-hybridized carbons (Fsp3) is 0.421. The third-order valence-corrected chi connectivity index (χ3v) is 4.79. The summed E-state index contributed by atoms with van der Waals surface area (Å²) in [6.45, 7) is 4.78. The molecule has 1 saturated heterocycles. The molecule has 9 heteroatoms. The lowest BCUT2D eigenvalue weighted by Gasteiger charge is -2.36. The lowest BCUT2D eigenvalue weighted by atomic mass is 9.91. The Labute approximate surface area is 160 Å². The first-order chi connectivity index (χ1) is 13.1. The van der Waals surface area contributed by atoms with Crippen molar-refractivity contribution in [1.29, 1.82) is 0 Å². The van der Waals surface area contributed by atoms with E-state index in [-0.39, 0.29) is 28.8 Å². The Morgan fingerprint density at radius 2 is 2.04 bits per heavy atom. The molecule has 0 aliphatic carbocycles. The summed E-state index contributed by atoms with van der Waals surface area (Å²) in [4.78, 5) is 20.4. The van der Waals surface area contributed by atoms with Gasteiger partial charge in [0.05, 0.1) is 0 Å². The smallest absolute Gasteiger partial charge is 0.398 e. The molecule has 28 heavy (non-hydrogen) atoms. The number of nitrogens with two attached hydrogens (primary N) is 1. The van der Waals surface area contributed by atoms with Crippen LogP contribution in [0.5, 0.6) is 0 Å². The number of alkyl halides is 3. The van der Waals surface area contributed by atoms with Gasteiger partial charge in [0.15, 0.2) is 0 Å². The SMILES string of the molecule is CC1(C)CC[C@H](Nc2ncc(C(F)(F)F)c(C(=O)c3ccccc3N)n2)CN1. The molecule has 1 aromatic carbocycles. The number of nitrogens with one attached hydrogen (secondary N) is 2. The van der Waals surface area contributed by atoms with Crippen LogP contribution in [0.25, 0.3) is 0 Å². The molecule has 2 aromatic rings. The van der Waals surface area contributed by atoms with Crippen molar-refractivity contribution in [2.75, 3.05) is 17.6 Å². The van der Waals surface area contributed by atoms with Gasteiger partial charge in [-0.25, -0.2) is 9.97 Å². The summed E-state index contributed by atoms with van der Waals surface area (Å²) in [6.07, 6.45) is -2.43. The summed E-state index contributed by atoms with van der Waals surface area (Å²) < 4.78 is 40.2. The van der Waals surface area contributed by atoms with E-state index in [1.54, 1.807) is 6.07 Å². The van der Waals surface area contributed by atoms with Crippen LogP contribution in [0.4, 0.5) is 24.8 Å². The van der Waals surface area contributed by atoms with E-state index in [0.29, 0.717) is 12.7 Å². The maximum Gasteiger partial charge on any atom is 0.420 e. The molecule has 1 fully saturated rings. The van der Waals surface area contributed by atoms with Gasteiger partial charge >= 0.3 is 6.18 Å². The number of piperidine rings is 1. The fourth-order valence-corrected chi connectivity index (χ4v) is 3.09. The Morgan fingerprint density at radius 3 is 2.64 bits per heavy atom. The molecular formula is C19H22F3N5O. The zero-order chi connectivity index (χ0) is 20.5. The molecule has 1 atom stereocenters. The lowest BCUT2D eigenvalue weighted by Crippen LogP contribution is -2.50. The Morgan fingerprint density at radius 1 is 1.32 bits per heavy atom. The van der Waals surface area contributed by atoms with Gasteiger partial charge in [0.1, 0.15) is 11.3 Å². The van der Waals surface area contributed by atoms with Crippen LogP contribution < -0.4 is 16.4 Å². The summed E-state index contributed by atoms with van der Waals surface area (Å²) in [7, 11) is 0. The summed E-state index contributed by atoms with van der Waals surface area (Å²) in [5.41, 5.74) is 3.93. The fourth-order valence-electron chi connectivity index (χ4n) is 3.09. The molecule has 1 aliphatic heterocycles. The topological polar surface area (TPSA) is 92.9 Å². The molecule has 0 amide bonds. The van der Waals surface area contributed by atoms with E-state index in [1.807, 2.05) is 0 Å². The largest absolute Gasteiger partial charge is 0.420 e. The normalized spacial score (nSPS) is 19.2. The highest BCUT2D eigenvalue weighted by atomic mass is 19.4. The van der Waals surface area contributed by atoms with E-state index in [0.717, 1.165) is 12.8 Å². The van der Waals surface area contributed by atoms with Crippen LogP contribution in [-0.2, 0) is 6.18 Å². The number of carbonyl (C=O) groups excluding carboxylic acids is 1. The molecule has 6 nitrogen and oxygen atoms in total. The van der Waals surface area contributed by atoms with Gasteiger partial charge < -0.3 is 16.4 Å². The minimum atomic E-state index is -4.76. The molecule has 4 N–H and O–H groups in total. The van der Waals surface area contributed by atoms with Crippen molar-refractivity contribution < 1.29 is 18.0 Å². The quantitative estimate of drug-likeness (QED) is 0.545. The first-order valence-corrected chi connectivity index (χ1v) is 8.92. The molecule has 2 heterocycles. The van der Waals surface area contributed by atoms with Gasteiger partial charge in [-0.05, 0) is 38.8 Å².